The highest BCUT2D eigenvalue weighted by Crippen LogP contribution is 2.24. The highest BCUT2D eigenvalue weighted by molar-refractivity contribution is 7.88. The quantitative estimate of drug-likeness (QED) is 0.713. The third kappa shape index (κ3) is 5.62. The van der Waals surface area contributed by atoms with E-state index in [9.17, 15) is 13.2 Å². The zero-order valence-corrected chi connectivity index (χ0v) is 19.3. The number of hydrogen-bond donors (Lipinski definition) is 1. The fourth-order valence-electron chi connectivity index (χ4n) is 3.97. The molecule has 2 unspecified atom stereocenters. The van der Waals surface area contributed by atoms with E-state index >= 15 is 0 Å². The van der Waals surface area contributed by atoms with Gasteiger partial charge in [0, 0.05) is 18.1 Å². The Kier molecular flexibility index (Phi) is 7.22. The van der Waals surface area contributed by atoms with Crippen LogP contribution in [-0.4, -0.2) is 31.7 Å². The minimum Gasteiger partial charge on any atom is -0.349 e. The van der Waals surface area contributed by atoms with Crippen LogP contribution in [0.5, 0.6) is 0 Å². The summed E-state index contributed by atoms with van der Waals surface area (Å²) in [5.74, 6) is -0.549. The smallest absolute Gasteiger partial charge is 0.224 e. The summed E-state index contributed by atoms with van der Waals surface area (Å²) in [7, 11) is -3.52. The molecule has 7 heteroatoms. The van der Waals surface area contributed by atoms with Crippen molar-refractivity contribution in [2.45, 2.75) is 45.4 Å². The molecule has 1 heterocycles. The highest BCUT2D eigenvalue weighted by Gasteiger charge is 2.33. The van der Waals surface area contributed by atoms with Crippen molar-refractivity contribution < 1.29 is 13.2 Å². The van der Waals surface area contributed by atoms with E-state index in [0.717, 1.165) is 16.7 Å². The molecular formula is C23H29ClN2O3S. The first-order valence-corrected chi connectivity index (χ1v) is 12.2. The maximum absolute atomic E-state index is 12.9. The van der Waals surface area contributed by atoms with Gasteiger partial charge in [-0.1, -0.05) is 47.5 Å². The molecule has 1 fully saturated rings. The summed E-state index contributed by atoms with van der Waals surface area (Å²) in [6, 6.07) is 12.9. The van der Waals surface area contributed by atoms with E-state index in [1.165, 1.54) is 4.31 Å². The molecule has 2 atom stereocenters. The molecule has 30 heavy (non-hydrogen) atoms. The monoisotopic (exact) mass is 448 g/mol. The molecule has 1 aliphatic rings. The summed E-state index contributed by atoms with van der Waals surface area (Å²) in [5, 5.41) is 3.60. The van der Waals surface area contributed by atoms with Gasteiger partial charge >= 0.3 is 0 Å². The van der Waals surface area contributed by atoms with Crippen LogP contribution in [0.4, 0.5) is 0 Å². The molecular weight excluding hydrogens is 420 g/mol. The lowest BCUT2D eigenvalue weighted by molar-refractivity contribution is -0.126. The Morgan fingerprint density at radius 3 is 2.73 bits per heavy atom. The van der Waals surface area contributed by atoms with Gasteiger partial charge < -0.3 is 5.32 Å². The molecule has 1 saturated heterocycles. The summed E-state index contributed by atoms with van der Waals surface area (Å²) in [5.41, 5.74) is 4.01. The molecule has 0 aromatic heterocycles. The number of rotatable bonds is 6. The van der Waals surface area contributed by atoms with Crippen molar-refractivity contribution in [2.24, 2.45) is 5.92 Å². The van der Waals surface area contributed by atoms with Crippen molar-refractivity contribution in [2.75, 3.05) is 13.1 Å². The van der Waals surface area contributed by atoms with E-state index in [4.69, 9.17) is 11.6 Å². The number of piperidine rings is 1. The first-order chi connectivity index (χ1) is 14.2. The molecule has 1 N–H and O–H groups in total. The Morgan fingerprint density at radius 2 is 2.00 bits per heavy atom. The lowest BCUT2D eigenvalue weighted by Gasteiger charge is -2.32. The van der Waals surface area contributed by atoms with E-state index < -0.39 is 10.0 Å². The summed E-state index contributed by atoms with van der Waals surface area (Å²) >= 11 is 5.98. The van der Waals surface area contributed by atoms with Gasteiger partial charge in [-0.05, 0) is 62.4 Å². The number of sulfonamides is 1. The van der Waals surface area contributed by atoms with Crippen LogP contribution in [-0.2, 0) is 20.6 Å². The fraction of sp³-hybridized carbons (Fsp3) is 0.435. The molecule has 2 aromatic rings. The van der Waals surface area contributed by atoms with Crippen LogP contribution in [0.3, 0.4) is 0 Å². The van der Waals surface area contributed by atoms with Crippen LogP contribution in [0.1, 0.15) is 48.1 Å². The number of aryl methyl sites for hydroxylation is 2. The maximum Gasteiger partial charge on any atom is 0.224 e. The van der Waals surface area contributed by atoms with Gasteiger partial charge in [-0.2, -0.15) is 0 Å². The number of halogens is 1. The van der Waals surface area contributed by atoms with E-state index in [-0.39, 0.29) is 30.2 Å². The van der Waals surface area contributed by atoms with Crippen LogP contribution in [0.2, 0.25) is 5.02 Å². The first-order valence-electron chi connectivity index (χ1n) is 10.3. The highest BCUT2D eigenvalue weighted by atomic mass is 35.5. The normalized spacial score (nSPS) is 18.7. The van der Waals surface area contributed by atoms with Gasteiger partial charge in [0.05, 0.1) is 17.7 Å². The summed E-state index contributed by atoms with van der Waals surface area (Å²) in [4.78, 5) is 12.9. The Bertz CT molecular complexity index is 1020. The molecule has 5 nitrogen and oxygen atoms in total. The van der Waals surface area contributed by atoms with Crippen molar-refractivity contribution in [1.29, 1.82) is 0 Å². The van der Waals surface area contributed by atoms with Gasteiger partial charge in [0.1, 0.15) is 0 Å². The van der Waals surface area contributed by atoms with Crippen molar-refractivity contribution >= 4 is 27.5 Å². The second kappa shape index (κ2) is 9.50. The van der Waals surface area contributed by atoms with Crippen molar-refractivity contribution in [3.63, 3.8) is 0 Å². The fourth-order valence-corrected chi connectivity index (χ4v) is 5.78. The maximum atomic E-state index is 12.9. The number of hydrogen-bond acceptors (Lipinski definition) is 3. The Balaban J connectivity index is 1.66. The number of nitrogens with one attached hydrogen (secondary N) is 1. The molecule has 162 valence electrons. The van der Waals surface area contributed by atoms with Crippen LogP contribution in [0, 0.1) is 19.8 Å². The molecule has 2 aromatic carbocycles. The van der Waals surface area contributed by atoms with Crippen molar-refractivity contribution in [3.05, 3.63) is 69.7 Å². The summed E-state index contributed by atoms with van der Waals surface area (Å²) in [6.45, 7) is 6.69. The van der Waals surface area contributed by atoms with E-state index in [2.05, 4.69) is 23.5 Å². The molecule has 1 aliphatic heterocycles. The topological polar surface area (TPSA) is 66.5 Å². The SMILES string of the molecule is Cc1ccc(C)c(C(C)NC(=O)C2CCCN(S(=O)(=O)Cc3cccc(Cl)c3)C2)c1. The van der Waals surface area contributed by atoms with Gasteiger partial charge in [-0.25, -0.2) is 12.7 Å². The minimum absolute atomic E-state index is 0.0916. The molecule has 1 amide bonds. The van der Waals surface area contributed by atoms with Crippen molar-refractivity contribution in [1.82, 2.24) is 9.62 Å². The zero-order chi connectivity index (χ0) is 21.9. The van der Waals surface area contributed by atoms with E-state index in [1.807, 2.05) is 20.8 Å². The van der Waals surface area contributed by atoms with Crippen molar-refractivity contribution in [3.8, 4) is 0 Å². The van der Waals surface area contributed by atoms with Gasteiger partial charge in [0.15, 0.2) is 0 Å². The largest absolute Gasteiger partial charge is 0.349 e. The Labute approximate surface area is 184 Å². The van der Waals surface area contributed by atoms with Gasteiger partial charge in [0.25, 0.3) is 0 Å². The molecule has 0 spiro atoms. The minimum atomic E-state index is -3.52. The molecule has 0 aliphatic carbocycles. The lowest BCUT2D eigenvalue weighted by atomic mass is 9.96. The zero-order valence-electron chi connectivity index (χ0n) is 17.7. The Morgan fingerprint density at radius 1 is 1.23 bits per heavy atom. The van der Waals surface area contributed by atoms with Crippen LogP contribution in [0.25, 0.3) is 0 Å². The second-order valence-corrected chi connectivity index (χ2v) is 10.6. The van der Waals surface area contributed by atoms with Crippen LogP contribution >= 0.6 is 11.6 Å². The van der Waals surface area contributed by atoms with Gasteiger partial charge in [-0.3, -0.25) is 4.79 Å². The third-order valence-corrected chi connectivity index (χ3v) is 7.70. The van der Waals surface area contributed by atoms with Gasteiger partial charge in [-0.15, -0.1) is 0 Å². The number of benzene rings is 2. The number of carbonyl (C=O) groups excluding carboxylic acids is 1. The number of nitrogens with zero attached hydrogens (tertiary/aromatic N) is 1. The van der Waals surface area contributed by atoms with E-state index in [1.54, 1.807) is 24.3 Å². The molecule has 0 bridgehead atoms. The molecule has 0 radical (unpaired) electrons. The Hall–Kier alpha value is -1.89. The lowest BCUT2D eigenvalue weighted by Crippen LogP contribution is -2.46. The summed E-state index contributed by atoms with van der Waals surface area (Å²) < 4.78 is 27.3. The number of amides is 1. The summed E-state index contributed by atoms with van der Waals surface area (Å²) in [6.07, 6.45) is 1.36. The van der Waals surface area contributed by atoms with E-state index in [0.29, 0.717) is 30.0 Å². The third-order valence-electron chi connectivity index (χ3n) is 5.65. The second-order valence-electron chi connectivity index (χ2n) is 8.17. The number of carbonyl (C=O) groups is 1. The average molecular weight is 449 g/mol. The predicted molar refractivity (Wildman–Crippen MR) is 121 cm³/mol. The molecule has 3 rings (SSSR count). The van der Waals surface area contributed by atoms with Crippen LogP contribution < -0.4 is 5.32 Å². The standard InChI is InChI=1S/C23H29ClN2O3S/c1-16-9-10-17(2)22(12-16)18(3)25-23(27)20-7-5-11-26(14-20)30(28,29)15-19-6-4-8-21(24)13-19/h4,6,8-10,12-13,18,20H,5,7,11,14-15H2,1-3H3,(H,25,27). The average Bonchev–Trinajstić information content (AvgIpc) is 2.69. The first kappa shape index (κ1) is 22.8. The molecule has 0 saturated carbocycles. The predicted octanol–water partition coefficient (Wildman–Crippen LogP) is 4.38. The van der Waals surface area contributed by atoms with Gasteiger partial charge in [0.2, 0.25) is 15.9 Å². The van der Waals surface area contributed by atoms with Crippen LogP contribution in [0.15, 0.2) is 42.5 Å².